The molecular formula is C19H26N4O. The molecule has 1 aliphatic carbocycles. The van der Waals surface area contributed by atoms with Gasteiger partial charge in [-0.05, 0) is 38.3 Å². The molecule has 5 heteroatoms. The quantitative estimate of drug-likeness (QED) is 0.869. The molecule has 5 nitrogen and oxygen atoms in total. The van der Waals surface area contributed by atoms with E-state index in [1.54, 1.807) is 0 Å². The van der Waals surface area contributed by atoms with E-state index in [0.29, 0.717) is 11.8 Å². The maximum Gasteiger partial charge on any atom is 0.225 e. The fourth-order valence-electron chi connectivity index (χ4n) is 4.38. The molecule has 0 aromatic carbocycles. The Hall–Kier alpha value is -1.91. The van der Waals surface area contributed by atoms with Crippen molar-refractivity contribution in [3.63, 3.8) is 0 Å². The molecule has 0 radical (unpaired) electrons. The molecule has 1 saturated heterocycles. The van der Waals surface area contributed by atoms with Crippen LogP contribution in [0.3, 0.4) is 0 Å². The third-order valence-electron chi connectivity index (χ3n) is 5.67. The van der Waals surface area contributed by atoms with Gasteiger partial charge in [0.25, 0.3) is 0 Å². The van der Waals surface area contributed by atoms with E-state index in [1.165, 1.54) is 19.3 Å². The molecule has 1 unspecified atom stereocenters. The average molecular weight is 326 g/mol. The first-order chi connectivity index (χ1) is 11.8. The van der Waals surface area contributed by atoms with Gasteiger partial charge in [0.1, 0.15) is 11.3 Å². The van der Waals surface area contributed by atoms with Crippen LogP contribution in [0, 0.1) is 5.92 Å². The molecule has 1 atom stereocenters. The number of fused-ring (bicyclic) bond motifs is 1. The molecule has 2 aromatic rings. The van der Waals surface area contributed by atoms with E-state index < -0.39 is 0 Å². The van der Waals surface area contributed by atoms with Crippen LogP contribution < -0.4 is 0 Å². The van der Waals surface area contributed by atoms with Crippen molar-refractivity contribution < 1.29 is 4.79 Å². The summed E-state index contributed by atoms with van der Waals surface area (Å²) in [7, 11) is 0. The van der Waals surface area contributed by atoms with Gasteiger partial charge in [-0.2, -0.15) is 0 Å². The average Bonchev–Trinajstić information content (AvgIpc) is 3.26. The Morgan fingerprint density at radius 1 is 1.25 bits per heavy atom. The van der Waals surface area contributed by atoms with Gasteiger partial charge in [-0.15, -0.1) is 0 Å². The highest BCUT2D eigenvalue weighted by molar-refractivity contribution is 5.79. The van der Waals surface area contributed by atoms with Gasteiger partial charge in [-0.3, -0.25) is 4.79 Å². The van der Waals surface area contributed by atoms with Gasteiger partial charge < -0.3 is 9.47 Å². The van der Waals surface area contributed by atoms with Crippen molar-refractivity contribution in [2.45, 2.75) is 57.9 Å². The van der Waals surface area contributed by atoms with E-state index in [-0.39, 0.29) is 5.92 Å². The van der Waals surface area contributed by atoms with E-state index in [2.05, 4.69) is 21.4 Å². The summed E-state index contributed by atoms with van der Waals surface area (Å²) in [6.07, 6.45) is 8.72. The van der Waals surface area contributed by atoms with Crippen LogP contribution in [0.4, 0.5) is 0 Å². The molecule has 2 fully saturated rings. The molecule has 128 valence electrons. The lowest BCUT2D eigenvalue weighted by Crippen LogP contribution is -2.35. The van der Waals surface area contributed by atoms with Crippen molar-refractivity contribution in [1.29, 1.82) is 0 Å². The predicted octanol–water partition coefficient (Wildman–Crippen LogP) is 3.35. The number of carbonyl (C=O) groups excluding carboxylic acids is 1. The van der Waals surface area contributed by atoms with Gasteiger partial charge in [-0.1, -0.05) is 19.3 Å². The smallest absolute Gasteiger partial charge is 0.225 e. The molecule has 1 aliphatic heterocycles. The minimum atomic E-state index is 0.268. The topological polar surface area (TPSA) is 51.0 Å². The second kappa shape index (κ2) is 6.54. The number of aromatic nitrogens is 3. The van der Waals surface area contributed by atoms with Crippen LogP contribution in [0.5, 0.6) is 0 Å². The summed E-state index contributed by atoms with van der Waals surface area (Å²) in [5, 5.41) is 0. The maximum atomic E-state index is 12.8. The van der Waals surface area contributed by atoms with Crippen molar-refractivity contribution in [1.82, 2.24) is 19.4 Å². The van der Waals surface area contributed by atoms with Crippen molar-refractivity contribution in [2.24, 2.45) is 5.92 Å². The number of hydrogen-bond donors (Lipinski definition) is 0. The molecule has 2 aromatic heterocycles. The summed E-state index contributed by atoms with van der Waals surface area (Å²) in [5.41, 5.74) is 1.93. The normalized spacial score (nSPS) is 22.4. The van der Waals surface area contributed by atoms with Crippen molar-refractivity contribution in [3.8, 4) is 0 Å². The van der Waals surface area contributed by atoms with E-state index in [0.717, 1.165) is 55.9 Å². The monoisotopic (exact) mass is 326 g/mol. The van der Waals surface area contributed by atoms with Crippen LogP contribution in [-0.4, -0.2) is 38.4 Å². The van der Waals surface area contributed by atoms with Gasteiger partial charge in [0.2, 0.25) is 5.91 Å². The molecule has 24 heavy (non-hydrogen) atoms. The summed E-state index contributed by atoms with van der Waals surface area (Å²) < 4.78 is 2.22. The second-order valence-electron chi connectivity index (χ2n) is 7.17. The lowest BCUT2D eigenvalue weighted by molar-refractivity contribution is -0.135. The van der Waals surface area contributed by atoms with Crippen molar-refractivity contribution >= 4 is 17.1 Å². The summed E-state index contributed by atoms with van der Waals surface area (Å²) in [5.74, 6) is 2.09. The molecule has 1 amide bonds. The summed E-state index contributed by atoms with van der Waals surface area (Å²) in [6.45, 7) is 4.70. The zero-order valence-corrected chi connectivity index (χ0v) is 14.4. The molecule has 0 N–H and O–H groups in total. The second-order valence-corrected chi connectivity index (χ2v) is 7.17. The van der Waals surface area contributed by atoms with Crippen LogP contribution in [0.2, 0.25) is 0 Å². The number of likely N-dealkylation sites (tertiary alicyclic amines) is 1. The molecule has 1 saturated carbocycles. The third-order valence-corrected chi connectivity index (χ3v) is 5.67. The molecule has 4 rings (SSSR count). The summed E-state index contributed by atoms with van der Waals surface area (Å²) >= 11 is 0. The van der Waals surface area contributed by atoms with Gasteiger partial charge in [0.05, 0.1) is 0 Å². The van der Waals surface area contributed by atoms with E-state index >= 15 is 0 Å². The van der Waals surface area contributed by atoms with Crippen LogP contribution in [0.15, 0.2) is 18.3 Å². The van der Waals surface area contributed by atoms with E-state index in [4.69, 9.17) is 4.98 Å². The number of rotatable bonds is 3. The molecule has 0 bridgehead atoms. The Morgan fingerprint density at radius 3 is 2.88 bits per heavy atom. The van der Waals surface area contributed by atoms with Crippen LogP contribution >= 0.6 is 0 Å². The number of hydrogen-bond acceptors (Lipinski definition) is 3. The number of aryl methyl sites for hydroxylation is 1. The minimum absolute atomic E-state index is 0.268. The zero-order valence-electron chi connectivity index (χ0n) is 14.4. The number of nitrogens with zero attached hydrogens (tertiary/aromatic N) is 4. The largest absolute Gasteiger partial charge is 0.342 e. The number of amides is 1. The molecule has 3 heterocycles. The van der Waals surface area contributed by atoms with Crippen LogP contribution in [-0.2, 0) is 11.3 Å². The Balaban J connectivity index is 1.53. The number of carbonyl (C=O) groups is 1. The Kier molecular flexibility index (Phi) is 4.25. The highest BCUT2D eigenvalue weighted by Crippen LogP contribution is 2.32. The minimum Gasteiger partial charge on any atom is -0.342 e. The third kappa shape index (κ3) is 2.70. The van der Waals surface area contributed by atoms with Gasteiger partial charge in [-0.25, -0.2) is 9.97 Å². The fourth-order valence-corrected chi connectivity index (χ4v) is 4.38. The first-order valence-corrected chi connectivity index (χ1v) is 9.38. The fraction of sp³-hybridized carbons (Fsp3) is 0.632. The SMILES string of the molecule is CCn1c(C2CCN(C(=O)C3CCCCC3)C2)nc2cccnc21. The first kappa shape index (κ1) is 15.6. The highest BCUT2D eigenvalue weighted by atomic mass is 16.2. The Morgan fingerprint density at radius 2 is 2.08 bits per heavy atom. The van der Waals surface area contributed by atoms with E-state index in [9.17, 15) is 4.79 Å². The summed E-state index contributed by atoms with van der Waals surface area (Å²) in [6, 6.07) is 3.96. The number of pyridine rings is 1. The highest BCUT2D eigenvalue weighted by Gasteiger charge is 2.34. The van der Waals surface area contributed by atoms with Crippen LogP contribution in [0.25, 0.3) is 11.2 Å². The Labute approximate surface area is 143 Å². The maximum absolute atomic E-state index is 12.8. The Bertz CT molecular complexity index is 732. The van der Waals surface area contributed by atoms with E-state index in [1.807, 2.05) is 18.3 Å². The van der Waals surface area contributed by atoms with Gasteiger partial charge in [0, 0.05) is 37.7 Å². The predicted molar refractivity (Wildman–Crippen MR) is 93.7 cm³/mol. The van der Waals surface area contributed by atoms with Crippen molar-refractivity contribution in [2.75, 3.05) is 13.1 Å². The lowest BCUT2D eigenvalue weighted by Gasteiger charge is -2.26. The molecule has 2 aliphatic rings. The summed E-state index contributed by atoms with van der Waals surface area (Å²) in [4.78, 5) is 24.2. The van der Waals surface area contributed by atoms with Gasteiger partial charge >= 0.3 is 0 Å². The number of imidazole rings is 1. The lowest BCUT2D eigenvalue weighted by atomic mass is 9.88. The first-order valence-electron chi connectivity index (χ1n) is 9.38. The van der Waals surface area contributed by atoms with Gasteiger partial charge in [0.15, 0.2) is 5.65 Å². The van der Waals surface area contributed by atoms with Crippen molar-refractivity contribution in [3.05, 3.63) is 24.2 Å². The molecule has 0 spiro atoms. The van der Waals surface area contributed by atoms with Crippen LogP contribution in [0.1, 0.15) is 57.2 Å². The standard InChI is InChI=1S/C19H26N4O/c1-2-23-17(21-16-9-6-11-20-18(16)23)15-10-12-22(13-15)19(24)14-7-4-3-5-8-14/h6,9,11,14-15H,2-5,7-8,10,12-13H2,1H3. The molecular weight excluding hydrogens is 300 g/mol. The zero-order chi connectivity index (χ0) is 16.5.